The van der Waals surface area contributed by atoms with Crippen LogP contribution in [0.4, 0.5) is 0 Å². The van der Waals surface area contributed by atoms with Crippen molar-refractivity contribution < 1.29 is 9.90 Å². The summed E-state index contributed by atoms with van der Waals surface area (Å²) in [5.74, 6) is 0.213. The van der Waals surface area contributed by atoms with Gasteiger partial charge in [0.05, 0.1) is 28.8 Å². The molecule has 0 atom stereocenters. The second-order valence-corrected chi connectivity index (χ2v) is 8.76. The SMILES string of the molecule is CCCCc1nc2ccccc2n1Cc1ccc(-c2ccn(Cc3ccccc3C(=O)O)n2)cc1. The molecule has 176 valence electrons. The lowest BCUT2D eigenvalue weighted by Gasteiger charge is -2.10. The number of fused-ring (bicyclic) bond motifs is 1. The average Bonchev–Trinajstić information content (AvgIpc) is 3.48. The Kier molecular flexibility index (Phi) is 6.44. The lowest BCUT2D eigenvalue weighted by atomic mass is 10.1. The zero-order valence-electron chi connectivity index (χ0n) is 19.8. The van der Waals surface area contributed by atoms with Gasteiger partial charge in [-0.1, -0.05) is 67.9 Å². The average molecular weight is 465 g/mol. The van der Waals surface area contributed by atoms with E-state index in [1.165, 1.54) is 11.1 Å². The summed E-state index contributed by atoms with van der Waals surface area (Å²) >= 11 is 0. The van der Waals surface area contributed by atoms with E-state index in [2.05, 4.69) is 59.1 Å². The molecule has 3 aromatic carbocycles. The minimum absolute atomic E-state index is 0.305. The molecule has 1 N–H and O–H groups in total. The van der Waals surface area contributed by atoms with Gasteiger partial charge in [-0.2, -0.15) is 5.10 Å². The van der Waals surface area contributed by atoms with Crippen LogP contribution in [-0.4, -0.2) is 30.4 Å². The highest BCUT2D eigenvalue weighted by Gasteiger charge is 2.12. The lowest BCUT2D eigenvalue weighted by Crippen LogP contribution is -2.07. The summed E-state index contributed by atoms with van der Waals surface area (Å²) in [4.78, 5) is 16.4. The molecule has 0 bridgehead atoms. The van der Waals surface area contributed by atoms with Gasteiger partial charge in [0.15, 0.2) is 0 Å². The molecule has 0 saturated carbocycles. The van der Waals surface area contributed by atoms with Gasteiger partial charge >= 0.3 is 5.97 Å². The van der Waals surface area contributed by atoms with E-state index in [1.54, 1.807) is 16.8 Å². The minimum Gasteiger partial charge on any atom is -0.478 e. The smallest absolute Gasteiger partial charge is 0.336 e. The maximum absolute atomic E-state index is 11.5. The number of rotatable bonds is 9. The van der Waals surface area contributed by atoms with Gasteiger partial charge in [-0.3, -0.25) is 4.68 Å². The lowest BCUT2D eigenvalue weighted by molar-refractivity contribution is 0.0695. The van der Waals surface area contributed by atoms with Crippen molar-refractivity contribution in [2.45, 2.75) is 39.3 Å². The third-order valence-electron chi connectivity index (χ3n) is 6.30. The number of aryl methyl sites for hydroxylation is 1. The van der Waals surface area contributed by atoms with Gasteiger partial charge in [0.1, 0.15) is 5.82 Å². The number of carboxylic acid groups (broad SMARTS) is 1. The molecule has 0 spiro atoms. The second-order valence-electron chi connectivity index (χ2n) is 8.76. The van der Waals surface area contributed by atoms with Crippen molar-refractivity contribution in [1.82, 2.24) is 19.3 Å². The zero-order valence-corrected chi connectivity index (χ0v) is 19.8. The largest absolute Gasteiger partial charge is 0.478 e. The molecule has 5 rings (SSSR count). The first-order chi connectivity index (χ1) is 17.1. The van der Waals surface area contributed by atoms with E-state index in [4.69, 9.17) is 4.98 Å². The van der Waals surface area contributed by atoms with Gasteiger partial charge in [0.25, 0.3) is 0 Å². The predicted octanol–water partition coefficient (Wildman–Crippen LogP) is 6.04. The Hall–Kier alpha value is -4.19. The zero-order chi connectivity index (χ0) is 24.2. The summed E-state index contributed by atoms with van der Waals surface area (Å²) in [7, 11) is 0. The molecule has 0 fully saturated rings. The molecule has 6 heteroatoms. The number of carbonyl (C=O) groups is 1. The van der Waals surface area contributed by atoms with Crippen molar-refractivity contribution in [1.29, 1.82) is 0 Å². The fourth-order valence-electron chi connectivity index (χ4n) is 4.44. The standard InChI is InChI=1S/C29H28N4O2/c1-2-3-12-28-30-26-10-6-7-11-27(26)33(28)19-21-13-15-22(16-14-21)25-17-18-32(31-25)20-23-8-4-5-9-24(23)29(34)35/h4-11,13-18H,2-3,12,19-20H2,1H3,(H,34,35). The molecule has 6 nitrogen and oxygen atoms in total. The quantitative estimate of drug-likeness (QED) is 0.289. The van der Waals surface area contributed by atoms with E-state index in [0.717, 1.165) is 54.0 Å². The Bertz CT molecular complexity index is 1460. The van der Waals surface area contributed by atoms with Crippen LogP contribution in [0.1, 0.15) is 47.1 Å². The molecule has 2 aromatic heterocycles. The molecular formula is C29H28N4O2. The number of para-hydroxylation sites is 2. The molecule has 0 aliphatic carbocycles. The highest BCUT2D eigenvalue weighted by molar-refractivity contribution is 5.89. The predicted molar refractivity (Wildman–Crippen MR) is 138 cm³/mol. The third kappa shape index (κ3) is 4.87. The van der Waals surface area contributed by atoms with E-state index in [-0.39, 0.29) is 0 Å². The first-order valence-corrected chi connectivity index (χ1v) is 12.0. The van der Waals surface area contributed by atoms with Crippen LogP contribution in [0, 0.1) is 0 Å². The van der Waals surface area contributed by atoms with Gasteiger partial charge in [-0.25, -0.2) is 9.78 Å². The Morgan fingerprint density at radius 1 is 0.914 bits per heavy atom. The van der Waals surface area contributed by atoms with Crippen LogP contribution in [0.15, 0.2) is 85.1 Å². The van der Waals surface area contributed by atoms with Gasteiger partial charge in [-0.15, -0.1) is 0 Å². The van der Waals surface area contributed by atoms with E-state index in [1.807, 2.05) is 30.5 Å². The van der Waals surface area contributed by atoms with Crippen molar-refractivity contribution in [2.75, 3.05) is 0 Å². The third-order valence-corrected chi connectivity index (χ3v) is 6.30. The van der Waals surface area contributed by atoms with Gasteiger partial charge in [0, 0.05) is 24.7 Å². The van der Waals surface area contributed by atoms with E-state index >= 15 is 0 Å². The summed E-state index contributed by atoms with van der Waals surface area (Å²) in [5.41, 5.74) is 6.36. The Labute approximate surface area is 204 Å². The Balaban J connectivity index is 1.35. The summed E-state index contributed by atoms with van der Waals surface area (Å²) in [5, 5.41) is 14.1. The number of aromatic carboxylic acids is 1. The fourth-order valence-corrected chi connectivity index (χ4v) is 4.44. The topological polar surface area (TPSA) is 72.9 Å². The minimum atomic E-state index is -0.924. The summed E-state index contributed by atoms with van der Waals surface area (Å²) < 4.78 is 4.11. The molecule has 0 aliphatic heterocycles. The maximum Gasteiger partial charge on any atom is 0.336 e. The van der Waals surface area contributed by atoms with Crippen LogP contribution < -0.4 is 0 Å². The number of nitrogens with zero attached hydrogens (tertiary/aromatic N) is 4. The molecule has 0 radical (unpaired) electrons. The molecule has 5 aromatic rings. The number of hydrogen-bond acceptors (Lipinski definition) is 3. The van der Waals surface area contributed by atoms with Crippen molar-refractivity contribution in [3.8, 4) is 11.3 Å². The Morgan fingerprint density at radius 3 is 2.49 bits per heavy atom. The summed E-state index contributed by atoms with van der Waals surface area (Å²) in [6, 6.07) is 25.8. The highest BCUT2D eigenvalue weighted by atomic mass is 16.4. The second kappa shape index (κ2) is 9.97. The van der Waals surface area contributed by atoms with Crippen LogP contribution in [0.3, 0.4) is 0 Å². The number of aromatic nitrogens is 4. The molecule has 0 aliphatic rings. The summed E-state index contributed by atoms with van der Waals surface area (Å²) in [6.45, 7) is 3.40. The van der Waals surface area contributed by atoms with Crippen LogP contribution in [0.25, 0.3) is 22.3 Å². The number of benzene rings is 3. The fraction of sp³-hybridized carbons (Fsp3) is 0.207. The van der Waals surface area contributed by atoms with Gasteiger partial charge in [-0.05, 0) is 41.8 Å². The molecule has 0 saturated heterocycles. The number of imidazole rings is 1. The van der Waals surface area contributed by atoms with Crippen LogP contribution in [0.2, 0.25) is 0 Å². The van der Waals surface area contributed by atoms with Crippen molar-refractivity contribution in [2.24, 2.45) is 0 Å². The van der Waals surface area contributed by atoms with Crippen molar-refractivity contribution in [3.63, 3.8) is 0 Å². The number of carboxylic acids is 1. The molecule has 0 unspecified atom stereocenters. The van der Waals surface area contributed by atoms with Crippen molar-refractivity contribution >= 4 is 17.0 Å². The monoisotopic (exact) mass is 464 g/mol. The van der Waals surface area contributed by atoms with Crippen molar-refractivity contribution in [3.05, 3.63) is 108 Å². The first kappa shape index (κ1) is 22.6. The Morgan fingerprint density at radius 2 is 1.69 bits per heavy atom. The summed E-state index contributed by atoms with van der Waals surface area (Å²) in [6.07, 6.45) is 5.14. The molecule has 2 heterocycles. The normalized spacial score (nSPS) is 11.2. The number of unbranched alkanes of at least 4 members (excludes halogenated alkanes) is 1. The highest BCUT2D eigenvalue weighted by Crippen LogP contribution is 2.22. The van der Waals surface area contributed by atoms with E-state index in [0.29, 0.717) is 12.1 Å². The first-order valence-electron chi connectivity index (χ1n) is 12.0. The van der Waals surface area contributed by atoms with E-state index in [9.17, 15) is 9.90 Å². The van der Waals surface area contributed by atoms with Gasteiger partial charge in [0.2, 0.25) is 0 Å². The van der Waals surface area contributed by atoms with Gasteiger partial charge < -0.3 is 9.67 Å². The molecule has 0 amide bonds. The van der Waals surface area contributed by atoms with Crippen LogP contribution >= 0.6 is 0 Å². The van der Waals surface area contributed by atoms with Crippen LogP contribution in [-0.2, 0) is 19.5 Å². The number of hydrogen-bond donors (Lipinski definition) is 1. The maximum atomic E-state index is 11.5. The van der Waals surface area contributed by atoms with E-state index < -0.39 is 5.97 Å². The molecular weight excluding hydrogens is 436 g/mol. The molecule has 35 heavy (non-hydrogen) atoms. The van der Waals surface area contributed by atoms with Crippen LogP contribution in [0.5, 0.6) is 0 Å².